The zero-order chi connectivity index (χ0) is 15.4. The topological polar surface area (TPSA) is 0 Å². The monoisotopic (exact) mass is 284 g/mol. The summed E-state index contributed by atoms with van der Waals surface area (Å²) in [6.07, 6.45) is 6.87. The van der Waals surface area contributed by atoms with E-state index in [0.717, 1.165) is 5.92 Å². The van der Waals surface area contributed by atoms with Crippen LogP contribution in [0.3, 0.4) is 0 Å². The van der Waals surface area contributed by atoms with Gasteiger partial charge in [0.1, 0.15) is 0 Å². The first-order valence-corrected chi connectivity index (χ1v) is 8.90. The number of benzene rings is 1. The molecule has 3 rings (SSSR count). The van der Waals surface area contributed by atoms with Crippen molar-refractivity contribution in [2.45, 2.75) is 85.0 Å². The maximum atomic E-state index is 2.57. The van der Waals surface area contributed by atoms with Crippen LogP contribution in [0.5, 0.6) is 0 Å². The van der Waals surface area contributed by atoms with Gasteiger partial charge in [-0.1, -0.05) is 53.2 Å². The Balaban J connectivity index is 2.17. The van der Waals surface area contributed by atoms with E-state index in [1.165, 1.54) is 37.7 Å². The summed E-state index contributed by atoms with van der Waals surface area (Å²) in [5.41, 5.74) is 7.47. The first kappa shape index (κ1) is 15.1. The van der Waals surface area contributed by atoms with Gasteiger partial charge in [0.05, 0.1) is 0 Å². The van der Waals surface area contributed by atoms with Crippen molar-refractivity contribution in [3.8, 4) is 0 Å². The second kappa shape index (κ2) is 4.86. The van der Waals surface area contributed by atoms with Crippen molar-refractivity contribution in [3.05, 3.63) is 34.4 Å². The molecule has 21 heavy (non-hydrogen) atoms. The summed E-state index contributed by atoms with van der Waals surface area (Å²) < 4.78 is 0. The molecule has 1 aromatic carbocycles. The van der Waals surface area contributed by atoms with Gasteiger partial charge in [-0.05, 0) is 77.5 Å². The quantitative estimate of drug-likeness (QED) is 0.580. The Morgan fingerprint density at radius 3 is 2.48 bits per heavy atom. The third-order valence-electron chi connectivity index (χ3n) is 6.68. The zero-order valence-electron chi connectivity index (χ0n) is 14.8. The minimum absolute atomic E-state index is 0.409. The van der Waals surface area contributed by atoms with E-state index in [0.29, 0.717) is 16.7 Å². The third kappa shape index (κ3) is 2.17. The second-order valence-electron chi connectivity index (χ2n) is 8.83. The third-order valence-corrected chi connectivity index (χ3v) is 6.68. The first-order chi connectivity index (χ1) is 9.77. The lowest BCUT2D eigenvalue weighted by molar-refractivity contribution is 0.0405. The van der Waals surface area contributed by atoms with E-state index in [4.69, 9.17) is 0 Å². The second-order valence-corrected chi connectivity index (χ2v) is 8.83. The van der Waals surface area contributed by atoms with E-state index in [-0.39, 0.29) is 0 Å². The minimum atomic E-state index is 0.409. The number of aryl methyl sites for hydroxylation is 1. The molecule has 0 aliphatic heterocycles. The summed E-state index contributed by atoms with van der Waals surface area (Å²) in [6.45, 7) is 14.6. The van der Waals surface area contributed by atoms with Gasteiger partial charge in [-0.3, -0.25) is 0 Å². The van der Waals surface area contributed by atoms with Gasteiger partial charge in [-0.15, -0.1) is 0 Å². The largest absolute Gasteiger partial charge is 0.0596 e. The van der Waals surface area contributed by atoms with E-state index in [1.807, 2.05) is 0 Å². The van der Waals surface area contributed by atoms with Crippen molar-refractivity contribution in [3.63, 3.8) is 0 Å². The number of rotatable bonds is 1. The molecule has 0 heteroatoms. The van der Waals surface area contributed by atoms with E-state index in [1.54, 1.807) is 16.7 Å². The molecule has 0 aromatic heterocycles. The number of hydrogen-bond acceptors (Lipinski definition) is 0. The Labute approximate surface area is 131 Å². The molecular weight excluding hydrogens is 252 g/mol. The predicted molar refractivity (Wildman–Crippen MR) is 92.1 cm³/mol. The number of fused-ring (bicyclic) bond motifs is 3. The average Bonchev–Trinajstić information content (AvgIpc) is 2.36. The van der Waals surface area contributed by atoms with Crippen LogP contribution in [0.15, 0.2) is 12.1 Å². The Bertz CT molecular complexity index is 549. The summed E-state index contributed by atoms with van der Waals surface area (Å²) in [7, 11) is 0. The molecule has 116 valence electrons. The van der Waals surface area contributed by atoms with E-state index in [9.17, 15) is 0 Å². The Morgan fingerprint density at radius 1 is 1.10 bits per heavy atom. The van der Waals surface area contributed by atoms with Gasteiger partial charge in [0, 0.05) is 0 Å². The maximum absolute atomic E-state index is 2.57. The van der Waals surface area contributed by atoms with E-state index in [2.05, 4.69) is 53.7 Å². The smallest absolute Gasteiger partial charge is 0.00390 e. The molecule has 2 atom stereocenters. The van der Waals surface area contributed by atoms with Crippen LogP contribution in [-0.2, 0) is 11.8 Å². The van der Waals surface area contributed by atoms with Gasteiger partial charge >= 0.3 is 0 Å². The van der Waals surface area contributed by atoms with Crippen LogP contribution < -0.4 is 0 Å². The van der Waals surface area contributed by atoms with Crippen molar-refractivity contribution >= 4 is 0 Å². The molecule has 1 saturated carbocycles. The van der Waals surface area contributed by atoms with Gasteiger partial charge in [0.25, 0.3) is 0 Å². The highest BCUT2D eigenvalue weighted by Crippen LogP contribution is 2.57. The van der Waals surface area contributed by atoms with Crippen molar-refractivity contribution in [1.29, 1.82) is 0 Å². The molecule has 0 amide bonds. The van der Waals surface area contributed by atoms with Crippen LogP contribution >= 0.6 is 0 Å². The van der Waals surface area contributed by atoms with Crippen molar-refractivity contribution < 1.29 is 0 Å². The normalized spacial score (nSPS) is 30.9. The maximum Gasteiger partial charge on any atom is -0.00390 e. The highest BCUT2D eigenvalue weighted by Gasteiger charge is 2.49. The fourth-order valence-electron chi connectivity index (χ4n) is 5.83. The Kier molecular flexibility index (Phi) is 3.50. The van der Waals surface area contributed by atoms with Crippen LogP contribution in [0, 0.1) is 18.3 Å². The predicted octanol–water partition coefficient (Wildman–Crippen LogP) is 6.15. The van der Waals surface area contributed by atoms with Crippen molar-refractivity contribution in [2.24, 2.45) is 11.3 Å². The molecule has 2 aliphatic carbocycles. The summed E-state index contributed by atoms with van der Waals surface area (Å²) >= 11 is 0. The van der Waals surface area contributed by atoms with Crippen LogP contribution in [0.4, 0.5) is 0 Å². The lowest BCUT2D eigenvalue weighted by Gasteiger charge is -2.55. The summed E-state index contributed by atoms with van der Waals surface area (Å²) in [5, 5.41) is 0. The van der Waals surface area contributed by atoms with Crippen LogP contribution in [0.25, 0.3) is 0 Å². The summed E-state index contributed by atoms with van der Waals surface area (Å²) in [5.74, 6) is 1.51. The van der Waals surface area contributed by atoms with Crippen LogP contribution in [0.2, 0.25) is 0 Å². The standard InChI is InChI=1S/C21H32/c1-14(2)19-15(3)8-10-17-16(19)9-11-18-20(4,5)12-7-13-21(17,18)6/h8,10,14,18H,7,9,11-13H2,1-6H3. The summed E-state index contributed by atoms with van der Waals surface area (Å²) in [6, 6.07) is 4.87. The van der Waals surface area contributed by atoms with E-state index >= 15 is 0 Å². The Hall–Kier alpha value is -0.780. The lowest BCUT2D eigenvalue weighted by atomic mass is 9.50. The first-order valence-electron chi connectivity index (χ1n) is 8.90. The zero-order valence-corrected chi connectivity index (χ0v) is 14.8. The van der Waals surface area contributed by atoms with Gasteiger partial charge in [0.2, 0.25) is 0 Å². The number of hydrogen-bond donors (Lipinski definition) is 0. The van der Waals surface area contributed by atoms with E-state index < -0.39 is 0 Å². The molecule has 0 spiro atoms. The molecule has 0 N–H and O–H groups in total. The molecule has 0 heterocycles. The summed E-state index contributed by atoms with van der Waals surface area (Å²) in [4.78, 5) is 0. The van der Waals surface area contributed by atoms with Gasteiger partial charge in [-0.25, -0.2) is 0 Å². The molecule has 0 nitrogen and oxygen atoms in total. The average molecular weight is 284 g/mol. The Morgan fingerprint density at radius 2 is 1.81 bits per heavy atom. The molecule has 0 bridgehead atoms. The minimum Gasteiger partial charge on any atom is -0.0596 e. The van der Waals surface area contributed by atoms with Gasteiger partial charge in [-0.2, -0.15) is 0 Å². The molecule has 2 aliphatic rings. The molecular formula is C21H32. The highest BCUT2D eigenvalue weighted by molar-refractivity contribution is 5.48. The molecule has 0 radical (unpaired) electrons. The van der Waals surface area contributed by atoms with Gasteiger partial charge in [0.15, 0.2) is 0 Å². The molecule has 1 fully saturated rings. The molecule has 2 unspecified atom stereocenters. The SMILES string of the molecule is Cc1ccc2c(c1C(C)C)CCC1C(C)(C)CCCC21C. The fraction of sp³-hybridized carbons (Fsp3) is 0.714. The van der Waals surface area contributed by atoms with Crippen molar-refractivity contribution in [2.75, 3.05) is 0 Å². The molecule has 0 saturated heterocycles. The van der Waals surface area contributed by atoms with Crippen LogP contribution in [0.1, 0.15) is 88.5 Å². The lowest BCUT2D eigenvalue weighted by Crippen LogP contribution is -2.48. The fourth-order valence-corrected chi connectivity index (χ4v) is 5.83. The van der Waals surface area contributed by atoms with Gasteiger partial charge < -0.3 is 0 Å². The highest BCUT2D eigenvalue weighted by atomic mass is 14.5. The van der Waals surface area contributed by atoms with Crippen LogP contribution in [-0.4, -0.2) is 0 Å². The van der Waals surface area contributed by atoms with Crippen molar-refractivity contribution in [1.82, 2.24) is 0 Å². The molecule has 1 aromatic rings.